The van der Waals surface area contributed by atoms with Crippen molar-refractivity contribution in [3.05, 3.63) is 47.4 Å². The van der Waals surface area contributed by atoms with Crippen LogP contribution in [0.1, 0.15) is 47.3 Å². The van der Waals surface area contributed by atoms with Crippen LogP contribution in [-0.4, -0.2) is 52.8 Å². The molecule has 4 rings (SSSR count). The summed E-state index contributed by atoms with van der Waals surface area (Å²) in [5.41, 5.74) is 2.20. The number of benzene rings is 1. The normalized spacial score (nSPS) is 18.0. The number of halogens is 1. The summed E-state index contributed by atoms with van der Waals surface area (Å²) in [4.78, 5) is 32.9. The molecule has 2 amide bonds. The van der Waals surface area contributed by atoms with Gasteiger partial charge in [0.05, 0.1) is 0 Å². The molecule has 1 aromatic carbocycles. The van der Waals surface area contributed by atoms with Crippen molar-refractivity contribution < 1.29 is 18.4 Å². The second-order valence-corrected chi connectivity index (χ2v) is 8.15. The Morgan fingerprint density at radius 1 is 1.20 bits per heavy atom. The van der Waals surface area contributed by atoms with Gasteiger partial charge in [0.1, 0.15) is 12.1 Å². The molecular weight excluding hydrogens is 387 g/mol. The fourth-order valence-corrected chi connectivity index (χ4v) is 4.34. The quantitative estimate of drug-likeness (QED) is 0.813. The summed E-state index contributed by atoms with van der Waals surface area (Å²) in [6.07, 6.45) is 6.78. The molecule has 1 aromatic heterocycles. The zero-order valence-electron chi connectivity index (χ0n) is 17.2. The van der Waals surface area contributed by atoms with Crippen LogP contribution in [0.25, 0.3) is 0 Å². The highest BCUT2D eigenvalue weighted by Gasteiger charge is 2.29. The van der Waals surface area contributed by atoms with Gasteiger partial charge in [-0.15, -0.1) is 0 Å². The van der Waals surface area contributed by atoms with E-state index in [-0.39, 0.29) is 11.6 Å². The van der Waals surface area contributed by atoms with E-state index < -0.39 is 11.7 Å². The van der Waals surface area contributed by atoms with E-state index in [1.54, 1.807) is 0 Å². The largest absolute Gasteiger partial charge is 0.451 e. The SMILES string of the molecule is Cc1c(CN2CCN(C(=O)C3CCCC3)CC2)cc(F)cc1NC(=O)c1cocn1. The first-order valence-electron chi connectivity index (χ1n) is 10.5. The highest BCUT2D eigenvalue weighted by atomic mass is 19.1. The Morgan fingerprint density at radius 2 is 1.93 bits per heavy atom. The van der Waals surface area contributed by atoms with Gasteiger partial charge in [0.25, 0.3) is 5.91 Å². The summed E-state index contributed by atoms with van der Waals surface area (Å²) < 4.78 is 19.1. The smallest absolute Gasteiger partial charge is 0.277 e. The molecule has 0 bridgehead atoms. The standard InChI is InChI=1S/C22H27FN4O3/c1-15-17(10-18(23)11-19(15)25-21(28)20-13-30-14-24-20)12-26-6-8-27(9-7-26)22(29)16-4-2-3-5-16/h10-11,13-14,16H,2-9,12H2,1H3,(H,25,28). The van der Waals surface area contributed by atoms with E-state index >= 15 is 0 Å². The number of oxazole rings is 1. The Hall–Kier alpha value is -2.74. The third-order valence-corrected chi connectivity index (χ3v) is 6.18. The lowest BCUT2D eigenvalue weighted by atomic mass is 10.0. The van der Waals surface area contributed by atoms with Gasteiger partial charge in [-0.2, -0.15) is 0 Å². The molecule has 0 radical (unpaired) electrons. The fraction of sp³-hybridized carbons (Fsp3) is 0.500. The number of carbonyl (C=O) groups is 2. The average Bonchev–Trinajstić information content (AvgIpc) is 3.45. The van der Waals surface area contributed by atoms with Crippen LogP contribution >= 0.6 is 0 Å². The van der Waals surface area contributed by atoms with Gasteiger partial charge >= 0.3 is 0 Å². The van der Waals surface area contributed by atoms with Crippen molar-refractivity contribution in [3.63, 3.8) is 0 Å². The van der Waals surface area contributed by atoms with Crippen LogP contribution < -0.4 is 5.32 Å². The van der Waals surface area contributed by atoms with Crippen molar-refractivity contribution in [2.24, 2.45) is 5.92 Å². The zero-order chi connectivity index (χ0) is 21.1. The van der Waals surface area contributed by atoms with Gasteiger partial charge < -0.3 is 14.6 Å². The summed E-state index contributed by atoms with van der Waals surface area (Å²) >= 11 is 0. The van der Waals surface area contributed by atoms with Crippen molar-refractivity contribution in [2.75, 3.05) is 31.5 Å². The summed E-state index contributed by atoms with van der Waals surface area (Å²) in [6, 6.07) is 2.83. The number of anilines is 1. The van der Waals surface area contributed by atoms with Gasteiger partial charge in [-0.25, -0.2) is 9.37 Å². The zero-order valence-corrected chi connectivity index (χ0v) is 17.2. The molecule has 2 fully saturated rings. The minimum atomic E-state index is -0.442. The van der Waals surface area contributed by atoms with Gasteiger partial charge in [-0.1, -0.05) is 12.8 Å². The molecule has 30 heavy (non-hydrogen) atoms. The van der Waals surface area contributed by atoms with E-state index in [0.717, 1.165) is 49.9 Å². The number of nitrogens with zero attached hydrogens (tertiary/aromatic N) is 3. The third kappa shape index (κ3) is 4.53. The summed E-state index contributed by atoms with van der Waals surface area (Å²) in [7, 11) is 0. The maximum atomic E-state index is 14.2. The van der Waals surface area contributed by atoms with E-state index in [9.17, 15) is 14.0 Å². The molecule has 2 aromatic rings. The second-order valence-electron chi connectivity index (χ2n) is 8.15. The van der Waals surface area contributed by atoms with Crippen LogP contribution in [-0.2, 0) is 11.3 Å². The van der Waals surface area contributed by atoms with Crippen LogP contribution in [0.2, 0.25) is 0 Å². The number of rotatable bonds is 5. The van der Waals surface area contributed by atoms with Crippen molar-refractivity contribution in [2.45, 2.75) is 39.2 Å². The Labute approximate surface area is 175 Å². The molecule has 0 unspecified atom stereocenters. The van der Waals surface area contributed by atoms with Gasteiger partial charge in [0.2, 0.25) is 5.91 Å². The van der Waals surface area contributed by atoms with Gasteiger partial charge in [0.15, 0.2) is 12.1 Å². The lowest BCUT2D eigenvalue weighted by Gasteiger charge is -2.36. The number of aromatic nitrogens is 1. The van der Waals surface area contributed by atoms with Crippen molar-refractivity contribution >= 4 is 17.5 Å². The third-order valence-electron chi connectivity index (χ3n) is 6.18. The molecule has 1 N–H and O–H groups in total. The molecule has 0 atom stereocenters. The molecule has 7 nitrogen and oxygen atoms in total. The minimum Gasteiger partial charge on any atom is -0.451 e. The Bertz CT molecular complexity index is 901. The number of carbonyl (C=O) groups excluding carboxylic acids is 2. The monoisotopic (exact) mass is 414 g/mol. The van der Waals surface area contributed by atoms with Crippen molar-refractivity contribution in [1.82, 2.24) is 14.8 Å². The van der Waals surface area contributed by atoms with Gasteiger partial charge in [0, 0.05) is 44.3 Å². The predicted octanol–water partition coefficient (Wildman–Crippen LogP) is 3.21. The van der Waals surface area contributed by atoms with E-state index in [4.69, 9.17) is 4.42 Å². The van der Waals surface area contributed by atoms with Crippen molar-refractivity contribution in [1.29, 1.82) is 0 Å². The minimum absolute atomic E-state index is 0.142. The van der Waals surface area contributed by atoms with Crippen LogP contribution in [0.5, 0.6) is 0 Å². The molecule has 8 heteroatoms. The van der Waals surface area contributed by atoms with E-state index in [1.807, 2.05) is 11.8 Å². The number of hydrogen-bond acceptors (Lipinski definition) is 5. The molecule has 1 saturated carbocycles. The van der Waals surface area contributed by atoms with Crippen LogP contribution in [0.4, 0.5) is 10.1 Å². The van der Waals surface area contributed by atoms with E-state index in [0.29, 0.717) is 31.2 Å². The molecule has 1 saturated heterocycles. The fourth-order valence-electron chi connectivity index (χ4n) is 4.34. The average molecular weight is 414 g/mol. The van der Waals surface area contributed by atoms with Gasteiger partial charge in [-0.05, 0) is 43.0 Å². The van der Waals surface area contributed by atoms with Crippen molar-refractivity contribution in [3.8, 4) is 0 Å². The second kappa shape index (κ2) is 8.95. The molecule has 2 heterocycles. The summed E-state index contributed by atoms with van der Waals surface area (Å²) in [5, 5.41) is 2.71. The maximum Gasteiger partial charge on any atom is 0.277 e. The molecule has 2 aliphatic rings. The first kappa shape index (κ1) is 20.5. The topological polar surface area (TPSA) is 78.7 Å². The van der Waals surface area contributed by atoms with Crippen LogP contribution in [0.15, 0.2) is 29.2 Å². The Balaban J connectivity index is 1.38. The predicted molar refractivity (Wildman–Crippen MR) is 109 cm³/mol. The van der Waals surface area contributed by atoms with Gasteiger partial charge in [-0.3, -0.25) is 14.5 Å². The Morgan fingerprint density at radius 3 is 2.60 bits per heavy atom. The lowest BCUT2D eigenvalue weighted by Crippen LogP contribution is -2.49. The van der Waals surface area contributed by atoms with E-state index in [2.05, 4.69) is 15.2 Å². The summed E-state index contributed by atoms with van der Waals surface area (Å²) in [6.45, 7) is 5.37. The maximum absolute atomic E-state index is 14.2. The first-order valence-corrected chi connectivity index (χ1v) is 10.5. The molecular formula is C22H27FN4O3. The summed E-state index contributed by atoms with van der Waals surface area (Å²) in [5.74, 6) is -0.339. The number of amides is 2. The molecule has 0 spiro atoms. The number of nitrogens with one attached hydrogen (secondary N) is 1. The highest BCUT2D eigenvalue weighted by Crippen LogP contribution is 2.27. The molecule has 1 aliphatic heterocycles. The van der Waals surface area contributed by atoms with Crippen LogP contribution in [0, 0.1) is 18.7 Å². The van der Waals surface area contributed by atoms with E-state index in [1.165, 1.54) is 24.8 Å². The first-order chi connectivity index (χ1) is 14.5. The number of hydrogen-bond donors (Lipinski definition) is 1. The molecule has 1 aliphatic carbocycles. The van der Waals surface area contributed by atoms with Crippen LogP contribution in [0.3, 0.4) is 0 Å². The molecule has 160 valence electrons. The number of piperazine rings is 1. The lowest BCUT2D eigenvalue weighted by molar-refractivity contribution is -0.137. The highest BCUT2D eigenvalue weighted by molar-refractivity contribution is 6.03. The Kier molecular flexibility index (Phi) is 6.13.